The number of nitrogens with zero attached hydrogens (tertiary/aromatic N) is 3. The SMILES string of the molecule is Cc1ccc2c(c1)c1ccccc1n2-c1cccc(-c2cc(C#N)cc(-n3c4ccccc4c4cc([Si](c5ccccc5)(c5ccccc5)c5ccccc5)ccc43)c2)c1. The second kappa shape index (κ2) is 14.3. The summed E-state index contributed by atoms with van der Waals surface area (Å²) in [4.78, 5) is 0. The maximum atomic E-state index is 10.5. The fourth-order valence-electron chi connectivity index (χ4n) is 9.71. The normalized spacial score (nSPS) is 11.7. The monoisotopic (exact) mass is 781 g/mol. The number of fused-ring (bicyclic) bond motifs is 6. The van der Waals surface area contributed by atoms with Crippen molar-refractivity contribution in [3.63, 3.8) is 0 Å². The van der Waals surface area contributed by atoms with Crippen LogP contribution in [0.5, 0.6) is 0 Å². The van der Waals surface area contributed by atoms with Gasteiger partial charge in [-0.3, -0.25) is 0 Å². The van der Waals surface area contributed by atoms with Crippen molar-refractivity contribution in [1.82, 2.24) is 9.13 Å². The molecule has 0 aliphatic carbocycles. The van der Waals surface area contributed by atoms with Crippen molar-refractivity contribution in [1.29, 1.82) is 5.26 Å². The summed E-state index contributed by atoms with van der Waals surface area (Å²) in [6.45, 7) is 2.15. The van der Waals surface area contributed by atoms with Crippen molar-refractivity contribution in [2.24, 2.45) is 0 Å². The Labute approximate surface area is 350 Å². The Bertz CT molecular complexity index is 3350. The van der Waals surface area contributed by atoms with E-state index < -0.39 is 8.07 Å². The minimum atomic E-state index is -2.76. The molecular formula is C56H39N3Si. The topological polar surface area (TPSA) is 33.6 Å². The van der Waals surface area contributed by atoms with Gasteiger partial charge in [-0.15, -0.1) is 0 Å². The molecule has 11 aromatic rings. The number of hydrogen-bond acceptors (Lipinski definition) is 1. The average Bonchev–Trinajstić information content (AvgIpc) is 3.82. The second-order valence-electron chi connectivity index (χ2n) is 15.7. The first kappa shape index (κ1) is 35.4. The molecule has 0 radical (unpaired) electrons. The van der Waals surface area contributed by atoms with E-state index in [0.29, 0.717) is 5.56 Å². The fraction of sp³-hybridized carbons (Fsp3) is 0.0179. The average molecular weight is 782 g/mol. The summed E-state index contributed by atoms with van der Waals surface area (Å²) < 4.78 is 4.70. The summed E-state index contributed by atoms with van der Waals surface area (Å²) >= 11 is 0. The van der Waals surface area contributed by atoms with Gasteiger partial charge in [0, 0.05) is 32.9 Å². The van der Waals surface area contributed by atoms with Crippen molar-refractivity contribution in [3.05, 3.63) is 230 Å². The highest BCUT2D eigenvalue weighted by Gasteiger charge is 2.41. The van der Waals surface area contributed by atoms with Crippen LogP contribution in [0, 0.1) is 18.3 Å². The van der Waals surface area contributed by atoms with Crippen LogP contribution < -0.4 is 20.7 Å². The quantitative estimate of drug-likeness (QED) is 0.117. The number of para-hydroxylation sites is 2. The van der Waals surface area contributed by atoms with E-state index in [0.717, 1.165) is 33.5 Å². The number of hydrogen-bond donors (Lipinski definition) is 0. The molecule has 0 saturated carbocycles. The minimum Gasteiger partial charge on any atom is -0.309 e. The zero-order chi connectivity index (χ0) is 40.2. The lowest BCUT2D eigenvalue weighted by Gasteiger charge is -2.34. The third kappa shape index (κ3) is 5.56. The van der Waals surface area contributed by atoms with Gasteiger partial charge in [-0.1, -0.05) is 163 Å². The lowest BCUT2D eigenvalue weighted by Crippen LogP contribution is -2.74. The summed E-state index contributed by atoms with van der Waals surface area (Å²) in [6, 6.07) is 81.9. The molecule has 0 aliphatic rings. The molecule has 3 nitrogen and oxygen atoms in total. The van der Waals surface area contributed by atoms with E-state index >= 15 is 0 Å². The molecule has 2 aromatic heterocycles. The van der Waals surface area contributed by atoms with E-state index in [2.05, 4.69) is 228 Å². The molecule has 0 amide bonds. The van der Waals surface area contributed by atoms with Crippen LogP contribution in [-0.4, -0.2) is 17.2 Å². The van der Waals surface area contributed by atoms with Crippen molar-refractivity contribution in [2.45, 2.75) is 6.92 Å². The summed E-state index contributed by atoms with van der Waals surface area (Å²) in [5.41, 5.74) is 10.5. The highest BCUT2D eigenvalue weighted by molar-refractivity contribution is 7.20. The number of benzene rings is 9. The van der Waals surface area contributed by atoms with E-state index in [1.54, 1.807) is 0 Å². The Balaban J connectivity index is 1.12. The van der Waals surface area contributed by atoms with Crippen LogP contribution in [0.25, 0.3) is 66.1 Å². The van der Waals surface area contributed by atoms with Crippen LogP contribution in [0.3, 0.4) is 0 Å². The van der Waals surface area contributed by atoms with Gasteiger partial charge < -0.3 is 9.13 Å². The number of aromatic nitrogens is 2. The van der Waals surface area contributed by atoms with Gasteiger partial charge in [-0.25, -0.2) is 0 Å². The molecule has 2 heterocycles. The summed E-state index contributed by atoms with van der Waals surface area (Å²) in [5.74, 6) is 0. The van der Waals surface area contributed by atoms with Crippen LogP contribution in [0.2, 0.25) is 0 Å². The number of nitriles is 1. The molecule has 0 N–H and O–H groups in total. The van der Waals surface area contributed by atoms with Gasteiger partial charge >= 0.3 is 0 Å². The van der Waals surface area contributed by atoms with Gasteiger partial charge in [-0.05, 0) is 99.5 Å². The Kier molecular flexibility index (Phi) is 8.44. The van der Waals surface area contributed by atoms with Crippen molar-refractivity contribution in [2.75, 3.05) is 0 Å². The van der Waals surface area contributed by atoms with Crippen molar-refractivity contribution in [3.8, 4) is 28.6 Å². The first-order valence-electron chi connectivity index (χ1n) is 20.5. The maximum absolute atomic E-state index is 10.5. The van der Waals surface area contributed by atoms with Crippen molar-refractivity contribution >= 4 is 72.4 Å². The Morgan fingerprint density at radius 3 is 1.47 bits per heavy atom. The Hall–Kier alpha value is -7.71. The fourth-order valence-corrected chi connectivity index (χ4v) is 14.5. The van der Waals surface area contributed by atoms with Gasteiger partial charge in [0.05, 0.1) is 33.7 Å². The second-order valence-corrected chi connectivity index (χ2v) is 19.5. The first-order chi connectivity index (χ1) is 29.6. The predicted octanol–water partition coefficient (Wildman–Crippen LogP) is 11.1. The molecule has 0 saturated heterocycles. The molecule has 0 atom stereocenters. The zero-order valence-electron chi connectivity index (χ0n) is 33.1. The molecule has 0 bridgehead atoms. The zero-order valence-corrected chi connectivity index (χ0v) is 34.1. The standard InChI is InChI=1S/C56H39N3Si/c1-39-28-30-55-51(32-39)49-24-11-13-26-53(49)58(55)43-17-15-16-41(35-43)42-33-40(38-57)34-44(36-42)59-54-27-14-12-25-50(54)52-37-48(29-31-56(52)59)60(45-18-5-2-6-19-45,46-20-7-3-8-21-46)47-22-9-4-10-23-47/h2-37H,1H3. The Morgan fingerprint density at radius 1 is 0.367 bits per heavy atom. The summed E-state index contributed by atoms with van der Waals surface area (Å²) in [5, 5.41) is 20.7. The van der Waals surface area contributed by atoms with Crippen LogP contribution in [0.4, 0.5) is 0 Å². The molecule has 282 valence electrons. The highest BCUT2D eigenvalue weighted by atomic mass is 28.3. The van der Waals surface area contributed by atoms with Crippen LogP contribution in [0.1, 0.15) is 11.1 Å². The van der Waals surface area contributed by atoms with E-state index in [-0.39, 0.29) is 0 Å². The molecule has 9 aromatic carbocycles. The van der Waals surface area contributed by atoms with Crippen LogP contribution in [-0.2, 0) is 0 Å². The number of rotatable bonds is 7. The van der Waals surface area contributed by atoms with E-state index in [1.165, 1.54) is 58.9 Å². The lowest BCUT2D eigenvalue weighted by molar-refractivity contribution is 1.17. The van der Waals surface area contributed by atoms with E-state index in [9.17, 15) is 5.26 Å². The molecule has 0 spiro atoms. The predicted molar refractivity (Wildman–Crippen MR) is 254 cm³/mol. The van der Waals surface area contributed by atoms with Gasteiger partial charge in [0.25, 0.3) is 0 Å². The molecular weight excluding hydrogens is 743 g/mol. The smallest absolute Gasteiger partial charge is 0.179 e. The van der Waals surface area contributed by atoms with Gasteiger partial charge in [0.15, 0.2) is 8.07 Å². The van der Waals surface area contributed by atoms with Gasteiger partial charge in [0.1, 0.15) is 0 Å². The molecule has 0 fully saturated rings. The van der Waals surface area contributed by atoms with E-state index in [1.807, 2.05) is 12.1 Å². The van der Waals surface area contributed by atoms with Gasteiger partial charge in [0.2, 0.25) is 0 Å². The van der Waals surface area contributed by atoms with Crippen molar-refractivity contribution < 1.29 is 0 Å². The molecule has 0 aliphatic heterocycles. The minimum absolute atomic E-state index is 0.617. The van der Waals surface area contributed by atoms with Crippen LogP contribution >= 0.6 is 0 Å². The third-order valence-electron chi connectivity index (χ3n) is 12.3. The van der Waals surface area contributed by atoms with Gasteiger partial charge in [-0.2, -0.15) is 5.26 Å². The van der Waals surface area contributed by atoms with E-state index in [4.69, 9.17) is 0 Å². The van der Waals surface area contributed by atoms with Crippen LogP contribution in [0.15, 0.2) is 218 Å². The molecule has 60 heavy (non-hydrogen) atoms. The molecule has 0 unspecified atom stereocenters. The highest BCUT2D eigenvalue weighted by Crippen LogP contribution is 2.36. The third-order valence-corrected chi connectivity index (χ3v) is 17.1. The largest absolute Gasteiger partial charge is 0.309 e. The summed E-state index contributed by atoms with van der Waals surface area (Å²) in [6.07, 6.45) is 0. The molecule has 4 heteroatoms. The maximum Gasteiger partial charge on any atom is 0.179 e. The molecule has 11 rings (SSSR count). The summed E-state index contributed by atoms with van der Waals surface area (Å²) in [7, 11) is -2.76. The number of aryl methyl sites for hydroxylation is 1. The first-order valence-corrected chi connectivity index (χ1v) is 22.5. The lowest BCUT2D eigenvalue weighted by atomic mass is 10.0. The Morgan fingerprint density at radius 2 is 0.867 bits per heavy atom.